The Balaban J connectivity index is 1.55. The lowest BCUT2D eigenvalue weighted by atomic mass is 10.0. The molecule has 3 rings (SSSR count). The molecule has 1 aliphatic heterocycles. The number of anilines is 1. The minimum atomic E-state index is -3.96. The van der Waals surface area contributed by atoms with Crippen molar-refractivity contribution in [3.63, 3.8) is 0 Å². The van der Waals surface area contributed by atoms with Crippen LogP contribution >= 0.6 is 0 Å². The molecule has 0 aliphatic carbocycles. The predicted molar refractivity (Wildman–Crippen MR) is 100 cm³/mol. The summed E-state index contributed by atoms with van der Waals surface area (Å²) in [6.07, 6.45) is 0.746. The Bertz CT molecular complexity index is 989. The third-order valence-electron chi connectivity index (χ3n) is 4.04. The molecule has 0 saturated carbocycles. The van der Waals surface area contributed by atoms with Crippen molar-refractivity contribution in [2.24, 2.45) is 0 Å². The van der Waals surface area contributed by atoms with Gasteiger partial charge in [-0.2, -0.15) is 0 Å². The fourth-order valence-corrected chi connectivity index (χ4v) is 3.48. The van der Waals surface area contributed by atoms with Gasteiger partial charge in [-0.3, -0.25) is 15.0 Å². The summed E-state index contributed by atoms with van der Waals surface area (Å²) in [5.41, 5.74) is 3.41. The first-order valence-electron chi connectivity index (χ1n) is 8.38. The maximum atomic E-state index is 12.4. The van der Waals surface area contributed by atoms with E-state index in [4.69, 9.17) is 9.47 Å². The van der Waals surface area contributed by atoms with Crippen LogP contribution in [0.3, 0.4) is 0 Å². The normalized spacial score (nSPS) is 13.2. The summed E-state index contributed by atoms with van der Waals surface area (Å²) < 4.78 is 35.0. The molecule has 1 aliphatic rings. The molecule has 0 fully saturated rings. The third kappa shape index (κ3) is 4.78. The number of fused-ring (bicyclic) bond motifs is 1. The van der Waals surface area contributed by atoms with E-state index in [1.807, 2.05) is 4.83 Å². The number of ether oxygens (including phenoxy) is 2. The molecule has 0 saturated heterocycles. The predicted octanol–water partition coefficient (Wildman–Crippen LogP) is 0.968. The van der Waals surface area contributed by atoms with Crippen LogP contribution in [0.1, 0.15) is 12.0 Å². The molecule has 0 bridgehead atoms. The van der Waals surface area contributed by atoms with Crippen LogP contribution in [0.4, 0.5) is 5.69 Å². The molecular formula is C18H19N3O6S. The van der Waals surface area contributed by atoms with Crippen LogP contribution in [0.2, 0.25) is 0 Å². The molecule has 28 heavy (non-hydrogen) atoms. The molecule has 1 heterocycles. The van der Waals surface area contributed by atoms with Crippen LogP contribution in [0, 0.1) is 0 Å². The van der Waals surface area contributed by atoms with Crippen LogP contribution < -0.4 is 25.0 Å². The SMILES string of the molecule is COc1ccc(OCC(=O)NNS(=O)(=O)c2ccc3c(c2)CCC(=O)N3)cc1. The maximum Gasteiger partial charge on any atom is 0.272 e. The molecule has 10 heteroatoms. The number of hydrogen-bond donors (Lipinski definition) is 3. The summed E-state index contributed by atoms with van der Waals surface area (Å²) in [6, 6.07) is 11.0. The second-order valence-electron chi connectivity index (χ2n) is 5.99. The summed E-state index contributed by atoms with van der Waals surface area (Å²) >= 11 is 0. The van der Waals surface area contributed by atoms with Crippen molar-refractivity contribution >= 4 is 27.5 Å². The lowest BCUT2D eigenvalue weighted by molar-refractivity contribution is -0.123. The van der Waals surface area contributed by atoms with Gasteiger partial charge in [-0.1, -0.05) is 0 Å². The largest absolute Gasteiger partial charge is 0.497 e. The van der Waals surface area contributed by atoms with Gasteiger partial charge in [0.2, 0.25) is 5.91 Å². The summed E-state index contributed by atoms with van der Waals surface area (Å²) in [5, 5.41) is 2.68. The van der Waals surface area contributed by atoms with Gasteiger partial charge >= 0.3 is 0 Å². The number of hydrogen-bond acceptors (Lipinski definition) is 6. The summed E-state index contributed by atoms with van der Waals surface area (Å²) in [7, 11) is -2.43. The molecule has 2 aromatic carbocycles. The Morgan fingerprint density at radius 3 is 2.54 bits per heavy atom. The van der Waals surface area contributed by atoms with E-state index in [-0.39, 0.29) is 17.4 Å². The molecule has 0 atom stereocenters. The van der Waals surface area contributed by atoms with Crippen molar-refractivity contribution in [1.29, 1.82) is 0 Å². The highest BCUT2D eigenvalue weighted by Crippen LogP contribution is 2.25. The highest BCUT2D eigenvalue weighted by Gasteiger charge is 2.20. The standard InChI is InChI=1S/C18H19N3O6S/c1-26-13-3-5-14(6-4-13)27-11-18(23)20-21-28(24,25)15-7-8-16-12(10-15)2-9-17(22)19-16/h3-8,10,21H,2,9,11H2,1H3,(H,19,22)(H,20,23). The van der Waals surface area contributed by atoms with Crippen LogP contribution in [0.15, 0.2) is 47.4 Å². The molecule has 9 nitrogen and oxygen atoms in total. The average Bonchev–Trinajstić information content (AvgIpc) is 2.70. The number of carbonyl (C=O) groups excluding carboxylic acids is 2. The lowest BCUT2D eigenvalue weighted by Gasteiger charge is -2.17. The molecule has 0 radical (unpaired) electrons. The zero-order valence-corrected chi connectivity index (χ0v) is 15.8. The molecule has 2 amide bonds. The Kier molecular flexibility index (Phi) is 5.81. The number of nitrogens with one attached hydrogen (secondary N) is 3. The minimum Gasteiger partial charge on any atom is -0.497 e. The molecule has 0 unspecified atom stereocenters. The van der Waals surface area contributed by atoms with Crippen molar-refractivity contribution in [3.05, 3.63) is 48.0 Å². The van der Waals surface area contributed by atoms with Crippen LogP contribution in [0.5, 0.6) is 11.5 Å². The number of rotatable bonds is 7. The number of sulfonamides is 1. The summed E-state index contributed by atoms with van der Waals surface area (Å²) in [4.78, 5) is 25.2. The second kappa shape index (κ2) is 8.28. The number of benzene rings is 2. The number of aryl methyl sites for hydroxylation is 1. The van der Waals surface area contributed by atoms with E-state index in [0.29, 0.717) is 30.0 Å². The molecule has 2 aromatic rings. The second-order valence-corrected chi connectivity index (χ2v) is 7.67. The van der Waals surface area contributed by atoms with E-state index in [1.165, 1.54) is 25.3 Å². The Morgan fingerprint density at radius 1 is 1.11 bits per heavy atom. The molecule has 0 spiro atoms. The molecule has 0 aromatic heterocycles. The van der Waals surface area contributed by atoms with Gasteiger partial charge in [-0.15, -0.1) is 4.83 Å². The van der Waals surface area contributed by atoms with Crippen molar-refractivity contribution in [1.82, 2.24) is 10.3 Å². The highest BCUT2D eigenvalue weighted by atomic mass is 32.2. The van der Waals surface area contributed by atoms with Crippen molar-refractivity contribution in [3.8, 4) is 11.5 Å². The smallest absolute Gasteiger partial charge is 0.272 e. The first kappa shape index (κ1) is 19.6. The number of carbonyl (C=O) groups is 2. The van der Waals surface area contributed by atoms with Crippen LogP contribution in [0.25, 0.3) is 0 Å². The van der Waals surface area contributed by atoms with Gasteiger partial charge in [0.15, 0.2) is 6.61 Å². The topological polar surface area (TPSA) is 123 Å². The third-order valence-corrected chi connectivity index (χ3v) is 5.28. The van der Waals surface area contributed by atoms with E-state index in [9.17, 15) is 18.0 Å². The highest BCUT2D eigenvalue weighted by molar-refractivity contribution is 7.89. The Labute approximate surface area is 162 Å². The van der Waals surface area contributed by atoms with Gasteiger partial charge in [-0.25, -0.2) is 8.42 Å². The van der Waals surface area contributed by atoms with E-state index in [2.05, 4.69) is 10.7 Å². The van der Waals surface area contributed by atoms with Gasteiger partial charge in [-0.05, 0) is 54.4 Å². The Morgan fingerprint density at radius 2 is 1.82 bits per heavy atom. The van der Waals surface area contributed by atoms with E-state index in [0.717, 1.165) is 5.56 Å². The summed E-state index contributed by atoms with van der Waals surface area (Å²) in [6.45, 7) is -0.370. The van der Waals surface area contributed by atoms with Gasteiger partial charge < -0.3 is 14.8 Å². The first-order chi connectivity index (χ1) is 13.4. The minimum absolute atomic E-state index is 0.0150. The average molecular weight is 405 g/mol. The first-order valence-corrected chi connectivity index (χ1v) is 9.86. The van der Waals surface area contributed by atoms with Crippen molar-refractivity contribution < 1.29 is 27.5 Å². The zero-order valence-electron chi connectivity index (χ0n) is 15.0. The molecule has 3 N–H and O–H groups in total. The van der Waals surface area contributed by atoms with Crippen molar-refractivity contribution in [2.45, 2.75) is 17.7 Å². The monoisotopic (exact) mass is 405 g/mol. The van der Waals surface area contributed by atoms with E-state index >= 15 is 0 Å². The zero-order chi connectivity index (χ0) is 20.1. The molecular weight excluding hydrogens is 386 g/mol. The van der Waals surface area contributed by atoms with Gasteiger partial charge in [0, 0.05) is 12.1 Å². The molecule has 148 valence electrons. The van der Waals surface area contributed by atoms with Gasteiger partial charge in [0.25, 0.3) is 15.9 Å². The quantitative estimate of drug-likeness (QED) is 0.590. The van der Waals surface area contributed by atoms with Crippen molar-refractivity contribution in [2.75, 3.05) is 19.0 Å². The number of methoxy groups -OCH3 is 1. The Hall–Kier alpha value is -3.11. The van der Waals surface area contributed by atoms with Crippen LogP contribution in [-0.4, -0.2) is 33.9 Å². The maximum absolute atomic E-state index is 12.4. The number of hydrazine groups is 1. The van der Waals surface area contributed by atoms with E-state index < -0.39 is 15.9 Å². The van der Waals surface area contributed by atoms with E-state index in [1.54, 1.807) is 24.3 Å². The van der Waals surface area contributed by atoms with Crippen LogP contribution in [-0.2, 0) is 26.0 Å². The van der Waals surface area contributed by atoms with Gasteiger partial charge in [0.05, 0.1) is 12.0 Å². The number of amides is 2. The lowest BCUT2D eigenvalue weighted by Crippen LogP contribution is -2.43. The summed E-state index contributed by atoms with van der Waals surface area (Å²) in [5.74, 6) is 0.319. The fourth-order valence-electron chi connectivity index (χ4n) is 2.57. The van der Waals surface area contributed by atoms with Gasteiger partial charge in [0.1, 0.15) is 11.5 Å². The fraction of sp³-hybridized carbons (Fsp3) is 0.222.